The van der Waals surface area contributed by atoms with Crippen molar-refractivity contribution in [1.82, 2.24) is 0 Å². The molecule has 0 N–H and O–H groups in total. The molecule has 0 amide bonds. The number of allylic oxidation sites excluding steroid dienone is 14. The van der Waals surface area contributed by atoms with Crippen LogP contribution in [-0.2, 0) is 28.6 Å². The van der Waals surface area contributed by atoms with Crippen LogP contribution in [-0.4, -0.2) is 37.2 Å². The first-order valence-corrected chi connectivity index (χ1v) is 35.6. The third kappa shape index (κ3) is 67.4. The van der Waals surface area contributed by atoms with Crippen molar-refractivity contribution < 1.29 is 28.6 Å². The van der Waals surface area contributed by atoms with Gasteiger partial charge in [0, 0.05) is 19.3 Å². The van der Waals surface area contributed by atoms with Gasteiger partial charge in [0.25, 0.3) is 0 Å². The second kappa shape index (κ2) is 70.1. The van der Waals surface area contributed by atoms with Gasteiger partial charge in [0.15, 0.2) is 6.10 Å². The maximum absolute atomic E-state index is 13.0. The number of hydrogen-bond acceptors (Lipinski definition) is 6. The summed E-state index contributed by atoms with van der Waals surface area (Å²) in [5, 5.41) is 0. The van der Waals surface area contributed by atoms with E-state index in [2.05, 4.69) is 106 Å². The van der Waals surface area contributed by atoms with Gasteiger partial charge in [-0.15, -0.1) is 0 Å². The molecule has 82 heavy (non-hydrogen) atoms. The molecule has 0 saturated carbocycles. The highest BCUT2D eigenvalue weighted by Gasteiger charge is 2.19. The fraction of sp³-hybridized carbons (Fsp3) is 0.776. The Balaban J connectivity index is 4.36. The van der Waals surface area contributed by atoms with E-state index in [9.17, 15) is 14.4 Å². The SMILES string of the molecule is CC/C=C\C/C=C\C/C=C\C/C=C\CCCCCCCCCCC(=O)OC(COC(=O)CCCCCCCCC/C=C\CCCCCCCCC)COC(=O)CCCCCCCCCCCCCCC/C=C\C/C=C\CCCCCCC. The molecule has 0 spiro atoms. The summed E-state index contributed by atoms with van der Waals surface area (Å²) < 4.78 is 17.0. The van der Waals surface area contributed by atoms with Crippen molar-refractivity contribution in [2.45, 2.75) is 367 Å². The lowest BCUT2D eigenvalue weighted by Gasteiger charge is -2.18. The molecule has 0 fully saturated rings. The number of esters is 3. The molecule has 0 aromatic rings. The fourth-order valence-corrected chi connectivity index (χ4v) is 10.3. The highest BCUT2D eigenvalue weighted by Crippen LogP contribution is 2.17. The van der Waals surface area contributed by atoms with Crippen molar-refractivity contribution >= 4 is 17.9 Å². The van der Waals surface area contributed by atoms with Crippen LogP contribution in [0.5, 0.6) is 0 Å². The highest BCUT2D eigenvalue weighted by molar-refractivity contribution is 5.71. The predicted molar refractivity (Wildman–Crippen MR) is 358 cm³/mol. The smallest absolute Gasteiger partial charge is 0.306 e. The lowest BCUT2D eigenvalue weighted by Crippen LogP contribution is -2.30. The van der Waals surface area contributed by atoms with E-state index in [1.165, 1.54) is 225 Å². The average Bonchev–Trinajstić information content (AvgIpc) is 3.47. The zero-order valence-corrected chi connectivity index (χ0v) is 54.5. The zero-order valence-electron chi connectivity index (χ0n) is 54.5. The minimum atomic E-state index is -0.785. The normalized spacial score (nSPS) is 12.6. The van der Waals surface area contributed by atoms with Crippen molar-refractivity contribution in [3.63, 3.8) is 0 Å². The van der Waals surface area contributed by atoms with Crippen LogP contribution in [0, 0.1) is 0 Å². The molecule has 0 heterocycles. The summed E-state index contributed by atoms with van der Waals surface area (Å²) in [4.78, 5) is 38.5. The summed E-state index contributed by atoms with van der Waals surface area (Å²) in [6.07, 6.45) is 93.1. The Hall–Kier alpha value is -3.41. The van der Waals surface area contributed by atoms with Crippen LogP contribution in [0.2, 0.25) is 0 Å². The van der Waals surface area contributed by atoms with E-state index in [-0.39, 0.29) is 31.1 Å². The Labute approximate surface area is 509 Å². The summed E-state index contributed by atoms with van der Waals surface area (Å²) in [6, 6.07) is 0. The van der Waals surface area contributed by atoms with E-state index in [0.29, 0.717) is 19.3 Å². The van der Waals surface area contributed by atoms with Gasteiger partial charge in [0.05, 0.1) is 0 Å². The van der Waals surface area contributed by atoms with Gasteiger partial charge in [-0.25, -0.2) is 0 Å². The first-order chi connectivity index (χ1) is 40.5. The highest BCUT2D eigenvalue weighted by atomic mass is 16.6. The molecule has 0 radical (unpaired) electrons. The minimum absolute atomic E-state index is 0.0795. The van der Waals surface area contributed by atoms with E-state index >= 15 is 0 Å². The molecule has 0 aromatic heterocycles. The number of carbonyl (C=O) groups excluding carboxylic acids is 3. The van der Waals surface area contributed by atoms with E-state index in [1.807, 2.05) is 0 Å². The molecular formula is C76H134O6. The van der Waals surface area contributed by atoms with Crippen LogP contribution in [0.4, 0.5) is 0 Å². The second-order valence-corrected chi connectivity index (χ2v) is 23.8. The molecule has 1 unspecified atom stereocenters. The molecule has 0 aliphatic heterocycles. The Kier molecular flexibility index (Phi) is 67.2. The number of carbonyl (C=O) groups is 3. The monoisotopic (exact) mass is 1140 g/mol. The summed E-state index contributed by atoms with van der Waals surface area (Å²) in [7, 11) is 0. The number of unbranched alkanes of at least 4 members (excludes halogenated alkanes) is 40. The zero-order chi connectivity index (χ0) is 59.2. The topological polar surface area (TPSA) is 78.9 Å². The lowest BCUT2D eigenvalue weighted by atomic mass is 10.0. The van der Waals surface area contributed by atoms with Gasteiger partial charge in [-0.1, -0.05) is 311 Å². The molecule has 1 atom stereocenters. The Morgan fingerprint density at radius 1 is 0.256 bits per heavy atom. The third-order valence-electron chi connectivity index (χ3n) is 15.6. The quantitative estimate of drug-likeness (QED) is 0.0261. The Morgan fingerprint density at radius 2 is 0.476 bits per heavy atom. The number of hydrogen-bond donors (Lipinski definition) is 0. The van der Waals surface area contributed by atoms with Gasteiger partial charge in [0.2, 0.25) is 0 Å². The first-order valence-electron chi connectivity index (χ1n) is 35.6. The van der Waals surface area contributed by atoms with Crippen molar-refractivity contribution in [2.75, 3.05) is 13.2 Å². The maximum atomic E-state index is 13.0. The van der Waals surface area contributed by atoms with Crippen LogP contribution in [0.3, 0.4) is 0 Å². The molecule has 0 saturated heterocycles. The van der Waals surface area contributed by atoms with E-state index in [0.717, 1.165) is 96.3 Å². The van der Waals surface area contributed by atoms with E-state index < -0.39 is 6.10 Å². The summed E-state index contributed by atoms with van der Waals surface area (Å²) in [6.45, 7) is 6.56. The van der Waals surface area contributed by atoms with Crippen molar-refractivity contribution in [3.05, 3.63) is 85.1 Å². The van der Waals surface area contributed by atoms with Crippen molar-refractivity contribution in [3.8, 4) is 0 Å². The molecule has 0 rings (SSSR count). The van der Waals surface area contributed by atoms with E-state index in [4.69, 9.17) is 14.2 Å². The van der Waals surface area contributed by atoms with Crippen LogP contribution < -0.4 is 0 Å². The molecule has 0 aliphatic carbocycles. The van der Waals surface area contributed by atoms with E-state index in [1.54, 1.807) is 0 Å². The fourth-order valence-electron chi connectivity index (χ4n) is 10.3. The van der Waals surface area contributed by atoms with Gasteiger partial charge in [-0.05, 0) is 116 Å². The van der Waals surface area contributed by atoms with Crippen LogP contribution in [0.15, 0.2) is 85.1 Å². The molecule has 6 heteroatoms. The molecular weight excluding hydrogens is 1010 g/mol. The van der Waals surface area contributed by atoms with Crippen LogP contribution >= 0.6 is 0 Å². The third-order valence-corrected chi connectivity index (χ3v) is 15.6. The van der Waals surface area contributed by atoms with Crippen molar-refractivity contribution in [1.29, 1.82) is 0 Å². The average molecular weight is 1140 g/mol. The van der Waals surface area contributed by atoms with Gasteiger partial charge in [-0.3, -0.25) is 14.4 Å². The predicted octanol–water partition coefficient (Wildman–Crippen LogP) is 24.6. The summed E-state index contributed by atoms with van der Waals surface area (Å²) in [5.41, 5.74) is 0. The second-order valence-electron chi connectivity index (χ2n) is 23.8. The van der Waals surface area contributed by atoms with Gasteiger partial charge in [-0.2, -0.15) is 0 Å². The van der Waals surface area contributed by atoms with Crippen molar-refractivity contribution in [2.24, 2.45) is 0 Å². The lowest BCUT2D eigenvalue weighted by molar-refractivity contribution is -0.167. The maximum Gasteiger partial charge on any atom is 0.306 e. The number of ether oxygens (including phenoxy) is 3. The molecule has 0 aliphatic rings. The van der Waals surface area contributed by atoms with Crippen LogP contribution in [0.1, 0.15) is 361 Å². The van der Waals surface area contributed by atoms with Gasteiger partial charge >= 0.3 is 17.9 Å². The summed E-state index contributed by atoms with van der Waals surface area (Å²) >= 11 is 0. The number of rotatable bonds is 65. The summed E-state index contributed by atoms with van der Waals surface area (Å²) in [5.74, 6) is -0.874. The molecule has 6 nitrogen and oxygen atoms in total. The molecule has 0 aromatic carbocycles. The Morgan fingerprint density at radius 3 is 0.756 bits per heavy atom. The Bertz CT molecular complexity index is 1550. The first kappa shape index (κ1) is 78.6. The van der Waals surface area contributed by atoms with Crippen LogP contribution in [0.25, 0.3) is 0 Å². The van der Waals surface area contributed by atoms with Gasteiger partial charge in [0.1, 0.15) is 13.2 Å². The largest absolute Gasteiger partial charge is 0.462 e. The standard InChI is InChI=1S/C76H134O6/c1-4-7-10-13-16-19-22-25-28-31-34-36-37-38-39-41-42-45-48-51-54-57-60-63-66-69-75(78)81-72-73(71-80-74(77)68-65-62-59-56-53-50-47-44-33-30-27-24-21-18-15-12-9-6-3)82-76(79)70-67-64-61-58-55-52-49-46-43-40-35-32-29-26-23-20-17-14-11-8-5-2/h8,11,17,20,22,25-26,29-31,33-35,40,73H,4-7,9-10,12-16,18-19,21,23-24,27-28,32,36-39,41-72H2,1-3H3/b11-8-,20-17-,25-22-,29-26-,33-30-,34-31-,40-35-. The molecule has 474 valence electrons. The van der Waals surface area contributed by atoms with Gasteiger partial charge < -0.3 is 14.2 Å². The molecule has 0 bridgehead atoms. The minimum Gasteiger partial charge on any atom is -0.462 e.